The quantitative estimate of drug-likeness (QED) is 0.621. The molecule has 2 saturated heterocycles. The van der Waals surface area contributed by atoms with Crippen molar-refractivity contribution in [2.75, 3.05) is 26.2 Å². The fourth-order valence-corrected chi connectivity index (χ4v) is 2.39. The maximum absolute atomic E-state index is 11.8. The Hall–Kier alpha value is -0.830. The average molecular weight is 194 g/mol. The summed E-state index contributed by atoms with van der Waals surface area (Å²) in [6.07, 6.45) is 1.90. The lowest BCUT2D eigenvalue weighted by Gasteiger charge is -2.17. The van der Waals surface area contributed by atoms with Crippen LogP contribution in [0.5, 0.6) is 0 Å². The molecule has 0 bridgehead atoms. The SMILES string of the molecule is C/C=C(/C)C(=O)N1C[C@H]2CNC[C@H]2C1. The molecular formula is C11H18N2O. The lowest BCUT2D eigenvalue weighted by Crippen LogP contribution is -2.32. The molecule has 2 fully saturated rings. The van der Waals surface area contributed by atoms with Crippen molar-refractivity contribution < 1.29 is 4.79 Å². The Balaban J connectivity index is 1.99. The summed E-state index contributed by atoms with van der Waals surface area (Å²) >= 11 is 0. The summed E-state index contributed by atoms with van der Waals surface area (Å²) in [7, 11) is 0. The zero-order chi connectivity index (χ0) is 10.1. The van der Waals surface area contributed by atoms with E-state index in [0.717, 1.165) is 31.8 Å². The van der Waals surface area contributed by atoms with Gasteiger partial charge in [0, 0.05) is 31.8 Å². The van der Waals surface area contributed by atoms with Crippen LogP contribution in [0.15, 0.2) is 11.6 Å². The molecule has 2 rings (SSSR count). The van der Waals surface area contributed by atoms with Crippen molar-refractivity contribution in [1.82, 2.24) is 10.2 Å². The van der Waals surface area contributed by atoms with Gasteiger partial charge in [-0.3, -0.25) is 4.79 Å². The van der Waals surface area contributed by atoms with E-state index in [-0.39, 0.29) is 5.91 Å². The van der Waals surface area contributed by atoms with Gasteiger partial charge in [-0.25, -0.2) is 0 Å². The number of nitrogens with zero attached hydrogens (tertiary/aromatic N) is 1. The summed E-state index contributed by atoms with van der Waals surface area (Å²) in [5, 5.41) is 3.37. The number of rotatable bonds is 1. The third-order valence-corrected chi connectivity index (χ3v) is 3.45. The fraction of sp³-hybridized carbons (Fsp3) is 0.727. The summed E-state index contributed by atoms with van der Waals surface area (Å²) in [5.41, 5.74) is 0.873. The third-order valence-electron chi connectivity index (χ3n) is 3.45. The molecule has 2 atom stereocenters. The summed E-state index contributed by atoms with van der Waals surface area (Å²) in [5.74, 6) is 1.62. The number of carbonyl (C=O) groups excluding carboxylic acids is 1. The van der Waals surface area contributed by atoms with E-state index in [1.165, 1.54) is 0 Å². The molecule has 2 heterocycles. The van der Waals surface area contributed by atoms with Crippen molar-refractivity contribution in [3.05, 3.63) is 11.6 Å². The number of likely N-dealkylation sites (tertiary alicyclic amines) is 1. The number of amides is 1. The minimum absolute atomic E-state index is 0.224. The van der Waals surface area contributed by atoms with Crippen molar-refractivity contribution in [3.63, 3.8) is 0 Å². The predicted molar refractivity (Wildman–Crippen MR) is 55.9 cm³/mol. The van der Waals surface area contributed by atoms with Crippen LogP contribution in [0.1, 0.15) is 13.8 Å². The lowest BCUT2D eigenvalue weighted by atomic mass is 10.0. The van der Waals surface area contributed by atoms with Gasteiger partial charge in [-0.05, 0) is 25.7 Å². The highest BCUT2D eigenvalue weighted by molar-refractivity contribution is 5.92. The number of hydrogen-bond donors (Lipinski definition) is 1. The van der Waals surface area contributed by atoms with Crippen LogP contribution < -0.4 is 5.32 Å². The van der Waals surface area contributed by atoms with E-state index in [0.29, 0.717) is 11.8 Å². The minimum Gasteiger partial charge on any atom is -0.338 e. The number of hydrogen-bond acceptors (Lipinski definition) is 2. The first-order valence-electron chi connectivity index (χ1n) is 5.35. The molecule has 78 valence electrons. The highest BCUT2D eigenvalue weighted by atomic mass is 16.2. The highest BCUT2D eigenvalue weighted by Crippen LogP contribution is 2.27. The predicted octanol–water partition coefficient (Wildman–Crippen LogP) is 0.630. The van der Waals surface area contributed by atoms with Crippen molar-refractivity contribution in [2.24, 2.45) is 11.8 Å². The monoisotopic (exact) mass is 194 g/mol. The largest absolute Gasteiger partial charge is 0.338 e. The number of nitrogens with one attached hydrogen (secondary N) is 1. The summed E-state index contributed by atoms with van der Waals surface area (Å²) < 4.78 is 0. The first-order valence-corrected chi connectivity index (χ1v) is 5.35. The molecule has 2 aliphatic rings. The van der Waals surface area contributed by atoms with Crippen LogP contribution in [0.25, 0.3) is 0 Å². The van der Waals surface area contributed by atoms with E-state index in [1.54, 1.807) is 0 Å². The summed E-state index contributed by atoms with van der Waals surface area (Å²) in [6, 6.07) is 0. The molecule has 2 aliphatic heterocycles. The molecule has 0 spiro atoms. The molecular weight excluding hydrogens is 176 g/mol. The van der Waals surface area contributed by atoms with Gasteiger partial charge < -0.3 is 10.2 Å². The Morgan fingerprint density at radius 2 is 1.93 bits per heavy atom. The zero-order valence-corrected chi connectivity index (χ0v) is 8.92. The van der Waals surface area contributed by atoms with Crippen LogP contribution in [0, 0.1) is 11.8 Å². The molecule has 14 heavy (non-hydrogen) atoms. The van der Waals surface area contributed by atoms with E-state index in [4.69, 9.17) is 0 Å². The van der Waals surface area contributed by atoms with Gasteiger partial charge in [0.05, 0.1) is 0 Å². The van der Waals surface area contributed by atoms with E-state index >= 15 is 0 Å². The molecule has 0 aromatic heterocycles. The Kier molecular flexibility index (Phi) is 2.59. The van der Waals surface area contributed by atoms with Crippen LogP contribution in [0.4, 0.5) is 0 Å². The standard InChI is InChI=1S/C11H18N2O/c1-3-8(2)11(14)13-6-9-4-12-5-10(9)7-13/h3,9-10,12H,4-7H2,1-2H3/b8-3-/t9-,10+. The normalized spacial score (nSPS) is 32.1. The molecule has 0 unspecified atom stereocenters. The molecule has 3 heteroatoms. The maximum atomic E-state index is 11.8. The van der Waals surface area contributed by atoms with E-state index in [9.17, 15) is 4.79 Å². The Bertz CT molecular complexity index is 260. The molecule has 0 aliphatic carbocycles. The van der Waals surface area contributed by atoms with E-state index < -0.39 is 0 Å². The molecule has 0 radical (unpaired) electrons. The number of allylic oxidation sites excluding steroid dienone is 1. The van der Waals surface area contributed by atoms with Crippen LogP contribution in [-0.4, -0.2) is 37.0 Å². The van der Waals surface area contributed by atoms with Crippen LogP contribution in [0.2, 0.25) is 0 Å². The van der Waals surface area contributed by atoms with Gasteiger partial charge in [0.15, 0.2) is 0 Å². The first kappa shape index (κ1) is 9.71. The van der Waals surface area contributed by atoms with E-state index in [1.807, 2.05) is 24.8 Å². The number of fused-ring (bicyclic) bond motifs is 1. The third kappa shape index (κ3) is 1.57. The van der Waals surface area contributed by atoms with Gasteiger partial charge >= 0.3 is 0 Å². The van der Waals surface area contributed by atoms with Gasteiger partial charge in [0.2, 0.25) is 5.91 Å². The summed E-state index contributed by atoms with van der Waals surface area (Å²) in [4.78, 5) is 13.9. The topological polar surface area (TPSA) is 32.3 Å². The molecule has 0 saturated carbocycles. The van der Waals surface area contributed by atoms with Crippen LogP contribution in [-0.2, 0) is 4.79 Å². The maximum Gasteiger partial charge on any atom is 0.249 e. The smallest absolute Gasteiger partial charge is 0.249 e. The highest BCUT2D eigenvalue weighted by Gasteiger charge is 2.37. The number of carbonyl (C=O) groups is 1. The fourth-order valence-electron chi connectivity index (χ4n) is 2.39. The van der Waals surface area contributed by atoms with Gasteiger partial charge in [0.25, 0.3) is 0 Å². The zero-order valence-electron chi connectivity index (χ0n) is 8.92. The first-order chi connectivity index (χ1) is 6.72. The molecule has 3 nitrogen and oxygen atoms in total. The van der Waals surface area contributed by atoms with Crippen LogP contribution >= 0.6 is 0 Å². The van der Waals surface area contributed by atoms with Gasteiger partial charge in [-0.1, -0.05) is 6.08 Å². The summed E-state index contributed by atoms with van der Waals surface area (Å²) in [6.45, 7) is 7.89. The van der Waals surface area contributed by atoms with E-state index in [2.05, 4.69) is 5.32 Å². The molecule has 0 aromatic rings. The van der Waals surface area contributed by atoms with Crippen molar-refractivity contribution in [1.29, 1.82) is 0 Å². The Labute approximate surface area is 85.2 Å². The second-order valence-corrected chi connectivity index (χ2v) is 4.36. The Morgan fingerprint density at radius 3 is 2.43 bits per heavy atom. The van der Waals surface area contributed by atoms with Gasteiger partial charge in [-0.15, -0.1) is 0 Å². The van der Waals surface area contributed by atoms with Crippen molar-refractivity contribution in [3.8, 4) is 0 Å². The van der Waals surface area contributed by atoms with Crippen LogP contribution in [0.3, 0.4) is 0 Å². The second-order valence-electron chi connectivity index (χ2n) is 4.36. The Morgan fingerprint density at radius 1 is 1.36 bits per heavy atom. The van der Waals surface area contributed by atoms with Crippen molar-refractivity contribution in [2.45, 2.75) is 13.8 Å². The average Bonchev–Trinajstić information content (AvgIpc) is 2.74. The lowest BCUT2D eigenvalue weighted by molar-refractivity contribution is -0.126. The van der Waals surface area contributed by atoms with Crippen molar-refractivity contribution >= 4 is 5.91 Å². The molecule has 1 amide bonds. The minimum atomic E-state index is 0.224. The second kappa shape index (κ2) is 3.73. The molecule has 1 N–H and O–H groups in total. The molecule has 0 aromatic carbocycles. The van der Waals surface area contributed by atoms with Gasteiger partial charge in [0.1, 0.15) is 0 Å². The van der Waals surface area contributed by atoms with Gasteiger partial charge in [-0.2, -0.15) is 0 Å².